The van der Waals surface area contributed by atoms with Gasteiger partial charge in [-0.3, -0.25) is 9.59 Å². The first-order valence-corrected chi connectivity index (χ1v) is 17.7. The molecular weight excluding hydrogens is 639 g/mol. The molecule has 3 aromatic heterocycles. The maximum Gasteiger partial charge on any atom is 0.261 e. The monoisotopic (exact) mass is 677 g/mol. The molecular formula is C37H39N7O4S. The summed E-state index contributed by atoms with van der Waals surface area (Å²) in [5.41, 5.74) is 4.43. The minimum absolute atomic E-state index is 0.0655. The van der Waals surface area contributed by atoms with Crippen molar-refractivity contribution in [3.8, 4) is 0 Å². The highest BCUT2D eigenvalue weighted by Crippen LogP contribution is 2.43. The highest BCUT2D eigenvalue weighted by molar-refractivity contribution is 7.16. The number of fused-ring (bicyclic) bond motifs is 1. The van der Waals surface area contributed by atoms with Crippen LogP contribution in [0.15, 0.2) is 72.0 Å². The van der Waals surface area contributed by atoms with Crippen molar-refractivity contribution in [2.45, 2.75) is 57.8 Å². The third-order valence-corrected chi connectivity index (χ3v) is 11.1. The van der Waals surface area contributed by atoms with Gasteiger partial charge in [-0.05, 0) is 87.6 Å². The van der Waals surface area contributed by atoms with E-state index in [4.69, 9.17) is 9.73 Å². The molecule has 12 heteroatoms. The molecule has 3 fully saturated rings. The normalized spacial score (nSPS) is 20.2. The average molecular weight is 678 g/mol. The van der Waals surface area contributed by atoms with Crippen molar-refractivity contribution < 1.29 is 19.4 Å². The smallest absolute Gasteiger partial charge is 0.261 e. The molecule has 3 aliphatic heterocycles. The SMILES string of the molecule is Cc1cnc(N2CC3(CCOCC3)C2)c(C(=O)Nc2ccc(C(O)N3c4cccnc4N=C(c4ccc(C(=O)NC5CC5)s4)[C@H]3C)cc2)c1. The fraction of sp³-hybridized carbons (Fsp3) is 0.378. The Morgan fingerprint density at radius 1 is 1.04 bits per heavy atom. The first kappa shape index (κ1) is 31.6. The summed E-state index contributed by atoms with van der Waals surface area (Å²) in [6.45, 7) is 7.27. The third-order valence-electron chi connectivity index (χ3n) is 9.96. The molecule has 3 N–H and O–H groups in total. The van der Waals surface area contributed by atoms with E-state index < -0.39 is 6.23 Å². The number of aliphatic hydroxyl groups is 1. The van der Waals surface area contributed by atoms with E-state index in [9.17, 15) is 14.7 Å². The molecule has 1 aromatic carbocycles. The number of anilines is 3. The molecule has 1 unspecified atom stereocenters. The first-order valence-electron chi connectivity index (χ1n) is 16.9. The highest BCUT2D eigenvalue weighted by Gasteiger charge is 2.45. The molecule has 2 amide bonds. The van der Waals surface area contributed by atoms with E-state index in [1.165, 1.54) is 11.3 Å². The number of aromatic nitrogens is 2. The van der Waals surface area contributed by atoms with Gasteiger partial charge in [-0.15, -0.1) is 11.3 Å². The fourth-order valence-corrected chi connectivity index (χ4v) is 8.00. The topological polar surface area (TPSA) is 132 Å². The number of aryl methyl sites for hydroxylation is 1. The Hall–Kier alpha value is -4.65. The largest absolute Gasteiger partial charge is 0.381 e. The molecule has 6 heterocycles. The van der Waals surface area contributed by atoms with Gasteiger partial charge in [0.25, 0.3) is 11.8 Å². The summed E-state index contributed by atoms with van der Waals surface area (Å²) < 4.78 is 5.57. The molecule has 1 saturated carbocycles. The molecule has 0 radical (unpaired) electrons. The predicted molar refractivity (Wildman–Crippen MR) is 190 cm³/mol. The Bertz CT molecular complexity index is 1920. The third kappa shape index (κ3) is 6.20. The van der Waals surface area contributed by atoms with E-state index in [1.54, 1.807) is 18.3 Å². The number of aliphatic hydroxyl groups excluding tert-OH is 1. The van der Waals surface area contributed by atoms with Crippen LogP contribution in [-0.2, 0) is 4.74 Å². The van der Waals surface area contributed by atoms with E-state index in [0.29, 0.717) is 39.0 Å². The molecule has 4 aromatic rings. The second-order valence-corrected chi connectivity index (χ2v) is 14.7. The zero-order valence-electron chi connectivity index (χ0n) is 27.6. The second kappa shape index (κ2) is 12.7. The van der Waals surface area contributed by atoms with Crippen LogP contribution in [0.25, 0.3) is 0 Å². The summed E-state index contributed by atoms with van der Waals surface area (Å²) in [6, 6.07) is 16.6. The zero-order valence-corrected chi connectivity index (χ0v) is 28.4. The molecule has 8 rings (SSSR count). The number of hydrogen-bond donors (Lipinski definition) is 3. The standard InChI is InChI=1S/C37H39N7O4S/c1-22-18-27(33(39-19-22)43-20-37(21-43)13-16-48-17-14-37)34(45)40-25-7-5-24(6-8-25)36(47)44-23(2)31(42-32-28(44)4-3-15-38-32)29-11-12-30(49-29)35(46)41-26-9-10-26/h3-8,11-12,15,18-19,23,26,36,47H,9-10,13-14,16-17,20-21H2,1-2H3,(H,40,45)(H,41,46)/t23-,36?/m1/s1. The first-order chi connectivity index (χ1) is 23.8. The fourth-order valence-electron chi connectivity index (χ4n) is 7.02. The van der Waals surface area contributed by atoms with Crippen molar-refractivity contribution in [3.63, 3.8) is 0 Å². The Morgan fingerprint density at radius 2 is 1.82 bits per heavy atom. The van der Waals surface area contributed by atoms with Crippen molar-refractivity contribution >= 4 is 51.9 Å². The maximum absolute atomic E-state index is 13.6. The van der Waals surface area contributed by atoms with Crippen LogP contribution in [0.1, 0.15) is 74.9 Å². The molecule has 49 heavy (non-hydrogen) atoms. The Morgan fingerprint density at radius 3 is 2.57 bits per heavy atom. The van der Waals surface area contributed by atoms with Gasteiger partial charge < -0.3 is 30.3 Å². The zero-order chi connectivity index (χ0) is 33.7. The van der Waals surface area contributed by atoms with Gasteiger partial charge in [0.1, 0.15) is 5.82 Å². The number of thiophene rings is 1. The number of nitrogens with one attached hydrogen (secondary N) is 2. The molecule has 11 nitrogen and oxygen atoms in total. The lowest BCUT2D eigenvalue weighted by molar-refractivity contribution is -0.000510. The average Bonchev–Trinajstić information content (AvgIpc) is 3.78. The molecule has 1 aliphatic carbocycles. The predicted octanol–water partition coefficient (Wildman–Crippen LogP) is 5.63. The Balaban J connectivity index is 0.990. The minimum atomic E-state index is -1.03. The summed E-state index contributed by atoms with van der Waals surface area (Å²) in [5, 5.41) is 17.9. The van der Waals surface area contributed by atoms with Crippen LogP contribution in [0.3, 0.4) is 0 Å². The second-order valence-electron chi connectivity index (χ2n) is 13.6. The number of aliphatic imine (C=N–C) groups is 1. The van der Waals surface area contributed by atoms with E-state index in [-0.39, 0.29) is 29.3 Å². The number of carbonyl (C=O) groups excluding carboxylic acids is 2. The van der Waals surface area contributed by atoms with Crippen LogP contribution in [0.2, 0.25) is 0 Å². The Labute approximate surface area is 289 Å². The quantitative estimate of drug-likeness (QED) is 0.219. The summed E-state index contributed by atoms with van der Waals surface area (Å²) >= 11 is 1.39. The van der Waals surface area contributed by atoms with Gasteiger partial charge in [-0.25, -0.2) is 15.0 Å². The molecule has 1 spiro atoms. The van der Waals surface area contributed by atoms with Crippen LogP contribution in [0.5, 0.6) is 0 Å². The van der Waals surface area contributed by atoms with Crippen LogP contribution in [0, 0.1) is 12.3 Å². The highest BCUT2D eigenvalue weighted by atomic mass is 32.1. The van der Waals surface area contributed by atoms with Gasteiger partial charge in [0, 0.05) is 61.4 Å². The lowest BCUT2D eigenvalue weighted by atomic mass is 9.73. The van der Waals surface area contributed by atoms with Gasteiger partial charge in [-0.1, -0.05) is 12.1 Å². The number of amides is 2. The van der Waals surface area contributed by atoms with Crippen LogP contribution in [-0.4, -0.2) is 71.0 Å². The van der Waals surface area contributed by atoms with Crippen LogP contribution < -0.4 is 20.4 Å². The lowest BCUT2D eigenvalue weighted by Crippen LogP contribution is -2.59. The molecule has 0 bridgehead atoms. The summed E-state index contributed by atoms with van der Waals surface area (Å²) in [4.78, 5) is 45.9. The minimum Gasteiger partial charge on any atom is -0.381 e. The van der Waals surface area contributed by atoms with E-state index >= 15 is 0 Å². The van der Waals surface area contributed by atoms with E-state index in [0.717, 1.165) is 68.1 Å². The van der Waals surface area contributed by atoms with Gasteiger partial charge in [0.05, 0.1) is 32.8 Å². The molecule has 2 atom stereocenters. The van der Waals surface area contributed by atoms with Crippen molar-refractivity contribution in [3.05, 3.63) is 93.4 Å². The van der Waals surface area contributed by atoms with Crippen LogP contribution >= 0.6 is 11.3 Å². The summed E-state index contributed by atoms with van der Waals surface area (Å²) in [7, 11) is 0. The number of rotatable bonds is 8. The Kier molecular flexibility index (Phi) is 8.17. The van der Waals surface area contributed by atoms with Crippen molar-refractivity contribution in [1.82, 2.24) is 15.3 Å². The maximum atomic E-state index is 13.6. The van der Waals surface area contributed by atoms with Crippen molar-refractivity contribution in [2.75, 3.05) is 41.4 Å². The number of nitrogens with zero attached hydrogens (tertiary/aromatic N) is 5. The van der Waals surface area contributed by atoms with E-state index in [2.05, 4.69) is 25.5 Å². The molecule has 2 saturated heterocycles. The van der Waals surface area contributed by atoms with Gasteiger partial charge >= 0.3 is 0 Å². The lowest BCUT2D eigenvalue weighted by Gasteiger charge is -2.53. The molecule has 252 valence electrons. The van der Waals surface area contributed by atoms with E-state index in [1.807, 2.05) is 67.4 Å². The van der Waals surface area contributed by atoms with Gasteiger partial charge in [-0.2, -0.15) is 0 Å². The number of pyridine rings is 2. The van der Waals surface area contributed by atoms with Gasteiger partial charge in [0.15, 0.2) is 12.0 Å². The summed E-state index contributed by atoms with van der Waals surface area (Å²) in [6.07, 6.45) is 6.59. The van der Waals surface area contributed by atoms with Crippen LogP contribution in [0.4, 0.5) is 23.0 Å². The number of ether oxygens (including phenoxy) is 1. The van der Waals surface area contributed by atoms with Crippen molar-refractivity contribution in [2.24, 2.45) is 10.4 Å². The van der Waals surface area contributed by atoms with Crippen molar-refractivity contribution in [1.29, 1.82) is 0 Å². The number of benzene rings is 1. The summed E-state index contributed by atoms with van der Waals surface area (Å²) in [5.74, 6) is 0.921. The number of hydrogen-bond acceptors (Lipinski definition) is 10. The van der Waals surface area contributed by atoms with Gasteiger partial charge in [0.2, 0.25) is 0 Å². The molecule has 4 aliphatic rings. The number of carbonyl (C=O) groups is 2.